The molecule has 0 saturated carbocycles. The number of halogens is 2. The molecule has 2 aromatic carbocycles. The van der Waals surface area contributed by atoms with Crippen LogP contribution in [0.5, 0.6) is 0 Å². The lowest BCUT2D eigenvalue weighted by Crippen LogP contribution is -2.21. The zero-order chi connectivity index (χ0) is 14.5. The highest BCUT2D eigenvalue weighted by atomic mass is 79.9. The van der Waals surface area contributed by atoms with Crippen LogP contribution in [-0.4, -0.2) is 6.04 Å². The number of benzene rings is 2. The molecule has 0 aromatic heterocycles. The Labute approximate surface area is 131 Å². The molecule has 0 heterocycles. The maximum atomic E-state index is 13.3. The van der Waals surface area contributed by atoms with Crippen molar-refractivity contribution in [1.82, 2.24) is 0 Å². The highest BCUT2D eigenvalue weighted by Gasteiger charge is 2.09. The first kappa shape index (κ1) is 15.5. The molecule has 1 unspecified atom stereocenters. The van der Waals surface area contributed by atoms with Gasteiger partial charge in [-0.2, -0.15) is 0 Å². The molecule has 20 heavy (non-hydrogen) atoms. The van der Waals surface area contributed by atoms with E-state index in [0.29, 0.717) is 0 Å². The molecule has 1 nitrogen and oxygen atoms in total. The summed E-state index contributed by atoms with van der Waals surface area (Å²) < 4.78 is 14.3. The fraction of sp³-hybridized carbons (Fsp3) is 0.250. The molecule has 0 fully saturated rings. The summed E-state index contributed by atoms with van der Waals surface area (Å²) in [6, 6.07) is 13.0. The normalized spacial score (nSPS) is 12.4. The standard InChI is InChI=1S/C16H17BrFNS/c1-2-14(19)8-11-6-7-12(17)9-16(11)20-15-5-3-4-13(18)10-15/h3-7,9-10,14H,2,8,19H2,1H3. The Morgan fingerprint density at radius 1 is 1.25 bits per heavy atom. The fourth-order valence-corrected chi connectivity index (χ4v) is 3.43. The topological polar surface area (TPSA) is 26.0 Å². The Balaban J connectivity index is 2.27. The van der Waals surface area contributed by atoms with Crippen molar-refractivity contribution in [2.45, 2.75) is 35.6 Å². The van der Waals surface area contributed by atoms with Crippen molar-refractivity contribution < 1.29 is 4.39 Å². The van der Waals surface area contributed by atoms with Gasteiger partial charge in [0, 0.05) is 20.3 Å². The Bertz CT molecular complexity index is 588. The van der Waals surface area contributed by atoms with Gasteiger partial charge in [-0.05, 0) is 48.7 Å². The average molecular weight is 354 g/mol. The second-order valence-electron chi connectivity index (χ2n) is 4.68. The second-order valence-corrected chi connectivity index (χ2v) is 6.71. The highest BCUT2D eigenvalue weighted by molar-refractivity contribution is 9.10. The van der Waals surface area contributed by atoms with Crippen LogP contribution in [0.15, 0.2) is 56.7 Å². The predicted octanol–water partition coefficient (Wildman–Crippen LogP) is 5.02. The van der Waals surface area contributed by atoms with Gasteiger partial charge in [-0.15, -0.1) is 0 Å². The van der Waals surface area contributed by atoms with Crippen molar-refractivity contribution in [3.05, 3.63) is 58.3 Å². The lowest BCUT2D eigenvalue weighted by atomic mass is 10.1. The van der Waals surface area contributed by atoms with Gasteiger partial charge < -0.3 is 5.73 Å². The summed E-state index contributed by atoms with van der Waals surface area (Å²) in [5.41, 5.74) is 7.25. The molecule has 2 aromatic rings. The van der Waals surface area contributed by atoms with E-state index in [4.69, 9.17) is 5.73 Å². The first-order valence-electron chi connectivity index (χ1n) is 6.56. The lowest BCUT2D eigenvalue weighted by Gasteiger charge is -2.13. The van der Waals surface area contributed by atoms with E-state index in [2.05, 4.69) is 35.0 Å². The molecular weight excluding hydrogens is 337 g/mol. The van der Waals surface area contributed by atoms with Crippen molar-refractivity contribution in [2.75, 3.05) is 0 Å². The zero-order valence-electron chi connectivity index (χ0n) is 11.3. The minimum absolute atomic E-state index is 0.156. The Morgan fingerprint density at radius 3 is 2.75 bits per heavy atom. The molecule has 0 amide bonds. The summed E-state index contributed by atoms with van der Waals surface area (Å²) in [6.07, 6.45) is 1.78. The van der Waals surface area contributed by atoms with E-state index in [0.717, 1.165) is 27.1 Å². The van der Waals surface area contributed by atoms with Crippen LogP contribution < -0.4 is 5.73 Å². The third-order valence-electron chi connectivity index (χ3n) is 3.06. The number of nitrogens with two attached hydrogens (primary N) is 1. The van der Waals surface area contributed by atoms with Crippen LogP contribution in [0, 0.1) is 5.82 Å². The first-order chi connectivity index (χ1) is 9.58. The van der Waals surface area contributed by atoms with E-state index in [1.165, 1.54) is 11.6 Å². The van der Waals surface area contributed by atoms with Gasteiger partial charge >= 0.3 is 0 Å². The van der Waals surface area contributed by atoms with Gasteiger partial charge in [0.25, 0.3) is 0 Å². The van der Waals surface area contributed by atoms with Crippen LogP contribution in [0.4, 0.5) is 4.39 Å². The summed E-state index contributed by atoms with van der Waals surface area (Å²) in [4.78, 5) is 2.02. The molecule has 106 valence electrons. The van der Waals surface area contributed by atoms with E-state index >= 15 is 0 Å². The van der Waals surface area contributed by atoms with E-state index in [9.17, 15) is 4.39 Å². The van der Waals surface area contributed by atoms with Crippen LogP contribution >= 0.6 is 27.7 Å². The summed E-state index contributed by atoms with van der Waals surface area (Å²) >= 11 is 5.06. The first-order valence-corrected chi connectivity index (χ1v) is 8.17. The number of hydrogen-bond acceptors (Lipinski definition) is 2. The minimum Gasteiger partial charge on any atom is -0.327 e. The van der Waals surface area contributed by atoms with E-state index in [-0.39, 0.29) is 11.9 Å². The summed E-state index contributed by atoms with van der Waals surface area (Å²) in [5, 5.41) is 0. The molecule has 1 atom stereocenters. The van der Waals surface area contributed by atoms with Gasteiger partial charge in [-0.25, -0.2) is 4.39 Å². The molecule has 0 aliphatic rings. The third-order valence-corrected chi connectivity index (χ3v) is 4.64. The van der Waals surface area contributed by atoms with Gasteiger partial charge in [-0.3, -0.25) is 0 Å². The molecule has 0 saturated heterocycles. The SMILES string of the molecule is CCC(N)Cc1ccc(Br)cc1Sc1cccc(F)c1. The van der Waals surface area contributed by atoms with Gasteiger partial charge in [0.2, 0.25) is 0 Å². The molecule has 2 rings (SSSR count). The highest BCUT2D eigenvalue weighted by Crippen LogP contribution is 2.33. The van der Waals surface area contributed by atoms with Crippen molar-refractivity contribution in [1.29, 1.82) is 0 Å². The summed E-state index contributed by atoms with van der Waals surface area (Å²) in [6.45, 7) is 2.09. The monoisotopic (exact) mass is 353 g/mol. The van der Waals surface area contributed by atoms with Crippen LogP contribution in [0.2, 0.25) is 0 Å². The summed E-state index contributed by atoms with van der Waals surface area (Å²) in [7, 11) is 0. The predicted molar refractivity (Wildman–Crippen MR) is 86.6 cm³/mol. The van der Waals surface area contributed by atoms with Crippen molar-refractivity contribution in [3.63, 3.8) is 0 Å². The number of rotatable bonds is 5. The zero-order valence-corrected chi connectivity index (χ0v) is 13.7. The molecule has 0 bridgehead atoms. The second kappa shape index (κ2) is 7.25. The molecule has 0 spiro atoms. The van der Waals surface area contributed by atoms with Crippen LogP contribution in [-0.2, 0) is 6.42 Å². The average Bonchev–Trinajstić information content (AvgIpc) is 2.41. The Kier molecular flexibility index (Phi) is 5.64. The molecule has 0 aliphatic carbocycles. The van der Waals surface area contributed by atoms with Crippen LogP contribution in [0.1, 0.15) is 18.9 Å². The largest absolute Gasteiger partial charge is 0.327 e. The minimum atomic E-state index is -0.211. The van der Waals surface area contributed by atoms with Crippen LogP contribution in [0.3, 0.4) is 0 Å². The Hall–Kier alpha value is -0.840. The van der Waals surface area contributed by atoms with E-state index in [1.807, 2.05) is 12.1 Å². The molecule has 2 N–H and O–H groups in total. The van der Waals surface area contributed by atoms with Crippen LogP contribution in [0.25, 0.3) is 0 Å². The molecule has 0 radical (unpaired) electrons. The molecule has 4 heteroatoms. The maximum absolute atomic E-state index is 13.3. The third kappa shape index (κ3) is 4.33. The van der Waals surface area contributed by atoms with Gasteiger partial charge in [-0.1, -0.05) is 46.7 Å². The van der Waals surface area contributed by atoms with E-state index < -0.39 is 0 Å². The van der Waals surface area contributed by atoms with Crippen molar-refractivity contribution >= 4 is 27.7 Å². The summed E-state index contributed by atoms with van der Waals surface area (Å²) in [5.74, 6) is -0.211. The van der Waals surface area contributed by atoms with E-state index in [1.54, 1.807) is 23.9 Å². The van der Waals surface area contributed by atoms with Crippen molar-refractivity contribution in [3.8, 4) is 0 Å². The molecule has 0 aliphatic heterocycles. The lowest BCUT2D eigenvalue weighted by molar-refractivity contribution is 0.624. The quantitative estimate of drug-likeness (QED) is 0.816. The van der Waals surface area contributed by atoms with Gasteiger partial charge in [0.1, 0.15) is 5.82 Å². The maximum Gasteiger partial charge on any atom is 0.124 e. The fourth-order valence-electron chi connectivity index (χ4n) is 1.88. The van der Waals surface area contributed by atoms with Gasteiger partial charge in [0.15, 0.2) is 0 Å². The Morgan fingerprint density at radius 2 is 2.05 bits per heavy atom. The van der Waals surface area contributed by atoms with Gasteiger partial charge in [0.05, 0.1) is 0 Å². The smallest absolute Gasteiger partial charge is 0.124 e. The number of hydrogen-bond donors (Lipinski definition) is 1. The van der Waals surface area contributed by atoms with Crippen molar-refractivity contribution in [2.24, 2.45) is 5.73 Å². The molecular formula is C16H17BrFNS.